The summed E-state index contributed by atoms with van der Waals surface area (Å²) in [7, 11) is 0. The molecule has 0 bridgehead atoms. The summed E-state index contributed by atoms with van der Waals surface area (Å²) in [5.74, 6) is -1.65. The quantitative estimate of drug-likeness (QED) is 0.412. The molecule has 1 amide bonds. The van der Waals surface area contributed by atoms with Crippen molar-refractivity contribution in [1.29, 1.82) is 0 Å². The molecule has 0 unspecified atom stereocenters. The van der Waals surface area contributed by atoms with Gasteiger partial charge >= 0.3 is 12.1 Å². The number of aromatic nitrogens is 1. The molecule has 6 nitrogen and oxygen atoms in total. The Morgan fingerprint density at radius 2 is 1.65 bits per heavy atom. The van der Waals surface area contributed by atoms with Crippen LogP contribution in [0.1, 0.15) is 90.1 Å². The molecule has 0 spiro atoms. The molecule has 1 fully saturated rings. The van der Waals surface area contributed by atoms with Crippen LogP contribution in [0.5, 0.6) is 11.5 Å². The number of anilines is 1. The Hall–Kier alpha value is -3.10. The monoisotopic (exact) mass is 524 g/mol. The maximum Gasteiger partial charge on any atom is 0.421 e. The zero-order chi connectivity index (χ0) is 28.3. The van der Waals surface area contributed by atoms with Crippen LogP contribution in [0.2, 0.25) is 0 Å². The lowest BCUT2D eigenvalue weighted by atomic mass is 9.82. The van der Waals surface area contributed by atoms with Crippen LogP contribution in [0, 0.1) is 11.8 Å². The first-order chi connectivity index (χ1) is 17.5. The van der Waals surface area contributed by atoms with E-state index in [4.69, 9.17) is 4.74 Å². The summed E-state index contributed by atoms with van der Waals surface area (Å²) in [5.41, 5.74) is -1.10. The molecule has 3 rings (SSSR count). The van der Waals surface area contributed by atoms with Crippen LogP contribution in [-0.2, 0) is 11.0 Å². The molecule has 1 aromatic heterocycles. The molecule has 1 aliphatic rings. The smallest absolute Gasteiger partial charge is 0.421 e. The van der Waals surface area contributed by atoms with Gasteiger partial charge in [-0.3, -0.25) is 9.78 Å². The number of nitrogens with zero attached hydrogens (tertiary/aromatic N) is 2. The fraction of sp³-hybridized carbons (Fsp3) is 0.536. The lowest BCUT2D eigenvalue weighted by Crippen LogP contribution is -2.42. The molecule has 1 aliphatic carbocycles. The first kappa shape index (κ1) is 31.9. The van der Waals surface area contributed by atoms with Crippen molar-refractivity contribution in [2.45, 2.75) is 86.4 Å². The van der Waals surface area contributed by atoms with Crippen molar-refractivity contribution in [1.82, 2.24) is 4.98 Å². The Labute approximate surface area is 217 Å². The van der Waals surface area contributed by atoms with Crippen LogP contribution in [0.4, 0.5) is 18.9 Å². The van der Waals surface area contributed by atoms with E-state index in [2.05, 4.69) is 11.9 Å². The Morgan fingerprint density at radius 1 is 1.05 bits per heavy atom. The van der Waals surface area contributed by atoms with Crippen molar-refractivity contribution in [3.05, 3.63) is 47.8 Å². The third kappa shape index (κ3) is 8.47. The normalized spacial score (nSPS) is 17.1. The number of benzene rings is 1. The molecular formula is C28H39F3N2O4. The van der Waals surface area contributed by atoms with Crippen LogP contribution in [0.25, 0.3) is 0 Å². The van der Waals surface area contributed by atoms with E-state index in [9.17, 15) is 27.9 Å². The van der Waals surface area contributed by atoms with Gasteiger partial charge in [0, 0.05) is 24.4 Å². The van der Waals surface area contributed by atoms with E-state index in [0.717, 1.165) is 44.0 Å². The van der Waals surface area contributed by atoms with Crippen molar-refractivity contribution in [2.75, 3.05) is 4.90 Å². The van der Waals surface area contributed by atoms with Crippen molar-refractivity contribution >= 4 is 17.6 Å². The highest BCUT2D eigenvalue weighted by atomic mass is 19.4. The van der Waals surface area contributed by atoms with Crippen molar-refractivity contribution in [2.24, 2.45) is 11.8 Å². The number of carbonyl (C=O) groups is 2. The lowest BCUT2D eigenvalue weighted by molar-refractivity contribution is -0.138. The maximum atomic E-state index is 13.3. The molecule has 37 heavy (non-hydrogen) atoms. The van der Waals surface area contributed by atoms with Gasteiger partial charge in [0.1, 0.15) is 17.1 Å². The number of ether oxygens (including phenoxy) is 1. The van der Waals surface area contributed by atoms with Gasteiger partial charge in [-0.05, 0) is 69.7 Å². The highest BCUT2D eigenvalue weighted by Gasteiger charge is 2.35. The summed E-state index contributed by atoms with van der Waals surface area (Å²) >= 11 is 0. The van der Waals surface area contributed by atoms with Gasteiger partial charge < -0.3 is 14.7 Å². The van der Waals surface area contributed by atoms with Gasteiger partial charge in [0.05, 0.1) is 11.3 Å². The van der Waals surface area contributed by atoms with Crippen molar-refractivity contribution in [3.8, 4) is 11.5 Å². The van der Waals surface area contributed by atoms with Gasteiger partial charge in [0.15, 0.2) is 0 Å². The molecule has 0 saturated heterocycles. The Bertz CT molecular complexity index is 1020. The largest absolute Gasteiger partial charge is 0.478 e. The van der Waals surface area contributed by atoms with E-state index in [1.807, 2.05) is 27.7 Å². The third-order valence-electron chi connectivity index (χ3n) is 5.89. The summed E-state index contributed by atoms with van der Waals surface area (Å²) in [6, 6.07) is 4.68. The maximum absolute atomic E-state index is 13.3. The van der Waals surface area contributed by atoms with Crippen LogP contribution in [0.3, 0.4) is 0 Å². The van der Waals surface area contributed by atoms with Crippen molar-refractivity contribution in [3.63, 3.8) is 0 Å². The summed E-state index contributed by atoms with van der Waals surface area (Å²) in [6.07, 6.45) is 0.484. The number of carbonyl (C=O) groups excluding carboxylic acids is 1. The van der Waals surface area contributed by atoms with E-state index in [1.54, 1.807) is 13.8 Å². The minimum atomic E-state index is -4.68. The topological polar surface area (TPSA) is 79.7 Å². The van der Waals surface area contributed by atoms with Gasteiger partial charge in [-0.15, -0.1) is 0 Å². The number of rotatable bonds is 6. The summed E-state index contributed by atoms with van der Waals surface area (Å²) in [4.78, 5) is 30.3. The van der Waals surface area contributed by atoms with Crippen LogP contribution < -0.4 is 9.64 Å². The molecule has 9 heteroatoms. The van der Waals surface area contributed by atoms with Crippen LogP contribution in [0.15, 0.2) is 36.7 Å². The molecule has 206 valence electrons. The van der Waals surface area contributed by atoms with E-state index in [1.165, 1.54) is 17.0 Å². The standard InChI is InChI=1S/C24H27F3N2O4.2C2H6/c1-14(2)29(22(30)16-6-4-15(3)5-7-16)20-9-8-17(12-18(20)23(31)32)33-21-10-11-28-13-19(21)24(25,26)27;2*1-2/h8-16H,4-7H2,1-3H3,(H,31,32);2*1-2H3. The first-order valence-corrected chi connectivity index (χ1v) is 12.9. The molecule has 1 heterocycles. The number of aromatic carboxylic acids is 1. The molecule has 0 aliphatic heterocycles. The van der Waals surface area contributed by atoms with E-state index >= 15 is 0 Å². The van der Waals surface area contributed by atoms with Crippen molar-refractivity contribution < 1.29 is 32.6 Å². The first-order valence-electron chi connectivity index (χ1n) is 12.9. The van der Waals surface area contributed by atoms with Gasteiger partial charge in [-0.1, -0.05) is 34.6 Å². The highest BCUT2D eigenvalue weighted by Crippen LogP contribution is 2.39. The summed E-state index contributed by atoms with van der Waals surface area (Å²) < 4.78 is 45.1. The Kier molecular flexibility index (Phi) is 12.6. The predicted octanol–water partition coefficient (Wildman–Crippen LogP) is 8.21. The Morgan fingerprint density at radius 3 is 2.16 bits per heavy atom. The third-order valence-corrected chi connectivity index (χ3v) is 5.89. The van der Waals surface area contributed by atoms with E-state index in [-0.39, 0.29) is 34.9 Å². The van der Waals surface area contributed by atoms with Gasteiger partial charge in [-0.2, -0.15) is 13.2 Å². The molecule has 2 aromatic rings. The lowest BCUT2D eigenvalue weighted by Gasteiger charge is -2.34. The number of hydrogen-bond acceptors (Lipinski definition) is 4. The number of hydrogen-bond donors (Lipinski definition) is 1. The van der Waals surface area contributed by atoms with Gasteiger partial charge in [-0.25, -0.2) is 4.79 Å². The highest BCUT2D eigenvalue weighted by molar-refractivity contribution is 6.03. The molecule has 1 aromatic carbocycles. The Balaban J connectivity index is 0.00000163. The fourth-order valence-electron chi connectivity index (χ4n) is 4.13. The zero-order valence-electron chi connectivity index (χ0n) is 22.7. The summed E-state index contributed by atoms with van der Waals surface area (Å²) in [6.45, 7) is 13.7. The van der Waals surface area contributed by atoms with Gasteiger partial charge in [0.25, 0.3) is 0 Å². The number of pyridine rings is 1. The molecule has 1 saturated carbocycles. The number of amides is 1. The average molecular weight is 525 g/mol. The minimum absolute atomic E-state index is 0.0875. The fourth-order valence-corrected chi connectivity index (χ4v) is 4.13. The number of halogens is 3. The molecule has 0 atom stereocenters. The van der Waals surface area contributed by atoms with Crippen LogP contribution in [-0.4, -0.2) is 28.0 Å². The van der Waals surface area contributed by atoms with Gasteiger partial charge in [0.2, 0.25) is 5.91 Å². The summed E-state index contributed by atoms with van der Waals surface area (Å²) in [5, 5.41) is 9.81. The second-order valence-electron chi connectivity index (χ2n) is 8.71. The molecular weight excluding hydrogens is 485 g/mol. The number of alkyl halides is 3. The molecule has 1 N–H and O–H groups in total. The number of carboxylic acids is 1. The van der Waals surface area contributed by atoms with E-state index < -0.39 is 23.5 Å². The average Bonchev–Trinajstić information content (AvgIpc) is 2.87. The minimum Gasteiger partial charge on any atom is -0.478 e. The zero-order valence-corrected chi connectivity index (χ0v) is 22.7. The molecule has 0 radical (unpaired) electrons. The van der Waals surface area contributed by atoms with Crippen LogP contribution >= 0.6 is 0 Å². The number of carboxylic acid groups (broad SMARTS) is 1. The predicted molar refractivity (Wildman–Crippen MR) is 139 cm³/mol. The second kappa shape index (κ2) is 14.6. The SMILES string of the molecule is CC.CC.CC1CCC(C(=O)N(c2ccc(Oc3ccncc3C(F)(F)F)cc2C(=O)O)C(C)C)CC1. The van der Waals surface area contributed by atoms with E-state index in [0.29, 0.717) is 12.1 Å². The second-order valence-corrected chi connectivity index (χ2v) is 8.71.